The van der Waals surface area contributed by atoms with E-state index in [2.05, 4.69) is 5.10 Å². The van der Waals surface area contributed by atoms with Gasteiger partial charge < -0.3 is 4.74 Å². The maximum absolute atomic E-state index is 13.1. The molecule has 0 radical (unpaired) electrons. The summed E-state index contributed by atoms with van der Waals surface area (Å²) in [5.41, 5.74) is -1.16. The number of methoxy groups -OCH3 is 1. The summed E-state index contributed by atoms with van der Waals surface area (Å²) in [4.78, 5) is 9.95. The van der Waals surface area contributed by atoms with Crippen LogP contribution in [0, 0.1) is 18.3 Å². The van der Waals surface area contributed by atoms with Crippen molar-refractivity contribution in [3.05, 3.63) is 39.1 Å². The Hall–Kier alpha value is -2.03. The van der Waals surface area contributed by atoms with E-state index in [1.54, 1.807) is 0 Å². The maximum Gasteiger partial charge on any atom is 0.316 e. The topological polar surface area (TPSA) is 67.9 Å². The second-order valence-corrected chi connectivity index (χ2v) is 9.83. The molecule has 2 aromatic rings. The maximum atomic E-state index is 13.1. The molecule has 0 atom stereocenters. The predicted molar refractivity (Wildman–Crippen MR) is 97.4 cm³/mol. The highest BCUT2D eigenvalue weighted by atomic mass is 35.5. The highest BCUT2D eigenvalue weighted by Crippen LogP contribution is 3.02. The van der Waals surface area contributed by atoms with Gasteiger partial charge in [-0.3, -0.25) is 4.79 Å². The smallest absolute Gasteiger partial charge is 0.316 e. The summed E-state index contributed by atoms with van der Waals surface area (Å²) in [5, 5.41) is 11.9. The van der Waals surface area contributed by atoms with Gasteiger partial charge in [-0.15, -0.1) is 0 Å². The van der Waals surface area contributed by atoms with Gasteiger partial charge in [0.25, 0.3) is 0 Å². The van der Waals surface area contributed by atoms with Crippen molar-refractivity contribution < 1.29 is 29.0 Å². The molecule has 0 bridgehead atoms. The molecule has 3 rings (SSSR count). The number of esters is 1. The molecule has 1 fully saturated rings. The van der Waals surface area contributed by atoms with Crippen molar-refractivity contribution in [3.63, 3.8) is 0 Å². The zero-order chi connectivity index (χ0) is 22.1. The van der Waals surface area contributed by atoms with E-state index >= 15 is 0 Å². The highest BCUT2D eigenvalue weighted by molar-refractivity contribution is 8.45. The Labute approximate surface area is 171 Å². The Balaban J connectivity index is 2.25. The van der Waals surface area contributed by atoms with Crippen LogP contribution in [0.15, 0.2) is 17.0 Å². The monoisotopic (exact) mass is 475 g/mol. The molecule has 1 heterocycles. The van der Waals surface area contributed by atoms with Gasteiger partial charge in [-0.1, -0.05) is 42.6 Å². The number of carbonyl (C=O) groups excluding carboxylic acids is 1. The van der Waals surface area contributed by atoms with E-state index in [1.807, 2.05) is 6.07 Å². The third-order valence-electron chi connectivity index (χ3n) is 4.67. The van der Waals surface area contributed by atoms with Gasteiger partial charge in [-0.25, -0.2) is 4.68 Å². The average molecular weight is 476 g/mol. The molecule has 1 aromatic heterocycles. The van der Waals surface area contributed by atoms with Crippen molar-refractivity contribution in [3.8, 4) is 11.8 Å². The van der Waals surface area contributed by atoms with Crippen molar-refractivity contribution in [2.75, 3.05) is 7.11 Å². The van der Waals surface area contributed by atoms with Gasteiger partial charge in [0.1, 0.15) is 16.7 Å². The molecule has 0 unspecified atom stereocenters. The Morgan fingerprint density at radius 1 is 1.24 bits per heavy atom. The first kappa shape index (κ1) is 21.7. The standard InChI is InChI=1S/C16H12Cl2F5N3O2S/c1-8-13(16(3-4-16)15(27)28-2)12(7-24)25-26(8)14-10(17)5-9(6-11(14)18)29(19,20,21,22)23/h5-6H,3-4H2,1-2H3. The van der Waals surface area contributed by atoms with Crippen molar-refractivity contribution in [1.29, 1.82) is 5.26 Å². The fourth-order valence-corrected chi connectivity index (χ4v) is 4.67. The highest BCUT2D eigenvalue weighted by Gasteiger charge is 2.65. The number of ether oxygens (including phenoxy) is 1. The van der Waals surface area contributed by atoms with E-state index in [-0.39, 0.29) is 34.8 Å². The third kappa shape index (κ3) is 3.53. The summed E-state index contributed by atoms with van der Waals surface area (Å²) < 4.78 is 71.3. The molecule has 5 nitrogen and oxygen atoms in total. The molecule has 29 heavy (non-hydrogen) atoms. The number of hydrogen-bond acceptors (Lipinski definition) is 4. The molecule has 0 aliphatic heterocycles. The first-order valence-corrected chi connectivity index (χ1v) is 10.6. The van der Waals surface area contributed by atoms with Gasteiger partial charge in [-0.2, -0.15) is 10.4 Å². The number of nitriles is 1. The van der Waals surface area contributed by atoms with Gasteiger partial charge in [0, 0.05) is 11.3 Å². The van der Waals surface area contributed by atoms with Crippen LogP contribution in [0.4, 0.5) is 19.4 Å². The summed E-state index contributed by atoms with van der Waals surface area (Å²) in [5.74, 6) is -0.592. The molecule has 1 aromatic carbocycles. The van der Waals surface area contributed by atoms with Crippen molar-refractivity contribution in [2.45, 2.75) is 30.1 Å². The van der Waals surface area contributed by atoms with Crippen molar-refractivity contribution >= 4 is 39.4 Å². The number of halogens is 7. The number of aromatic nitrogens is 2. The van der Waals surface area contributed by atoms with Crippen LogP contribution in [0.2, 0.25) is 10.0 Å². The van der Waals surface area contributed by atoms with E-state index in [4.69, 9.17) is 27.9 Å². The molecule has 0 amide bonds. The van der Waals surface area contributed by atoms with Crippen LogP contribution in [0.3, 0.4) is 0 Å². The summed E-state index contributed by atoms with van der Waals surface area (Å²) in [7, 11) is -8.83. The van der Waals surface area contributed by atoms with Crippen molar-refractivity contribution in [1.82, 2.24) is 9.78 Å². The normalized spacial score (nSPS) is 17.8. The molecular weight excluding hydrogens is 464 g/mol. The lowest BCUT2D eigenvalue weighted by molar-refractivity contribution is -0.143. The largest absolute Gasteiger partial charge is 0.468 e. The summed E-state index contributed by atoms with van der Waals surface area (Å²) >= 11 is 11.7. The van der Waals surface area contributed by atoms with Gasteiger partial charge >= 0.3 is 16.2 Å². The zero-order valence-corrected chi connectivity index (χ0v) is 17.1. The van der Waals surface area contributed by atoms with E-state index < -0.39 is 36.5 Å². The quantitative estimate of drug-likeness (QED) is 0.388. The molecule has 0 N–H and O–H groups in total. The SMILES string of the molecule is COC(=O)C1(c2c(C#N)nn(-c3c(Cl)cc(S(F)(F)(F)(F)F)cc3Cl)c2C)CC1. The average Bonchev–Trinajstić information content (AvgIpc) is 3.31. The van der Waals surface area contributed by atoms with Crippen LogP contribution in [-0.2, 0) is 14.9 Å². The van der Waals surface area contributed by atoms with E-state index in [0.29, 0.717) is 12.8 Å². The predicted octanol–water partition coefficient (Wildman–Crippen LogP) is 6.22. The number of nitrogens with zero attached hydrogens (tertiary/aromatic N) is 3. The van der Waals surface area contributed by atoms with Gasteiger partial charge in [0.2, 0.25) is 0 Å². The van der Waals surface area contributed by atoms with Gasteiger partial charge in [0.15, 0.2) is 5.69 Å². The molecule has 13 heteroatoms. The Kier molecular flexibility index (Phi) is 4.31. The second kappa shape index (κ2) is 5.77. The Morgan fingerprint density at radius 2 is 1.76 bits per heavy atom. The van der Waals surface area contributed by atoms with Crippen LogP contribution < -0.4 is 0 Å². The van der Waals surface area contributed by atoms with E-state index in [0.717, 1.165) is 4.68 Å². The molecular formula is C16H12Cl2F5N3O2S. The minimum Gasteiger partial charge on any atom is -0.468 e. The number of rotatable bonds is 4. The lowest BCUT2D eigenvalue weighted by atomic mass is 9.94. The van der Waals surface area contributed by atoms with Crippen LogP contribution in [0.1, 0.15) is 29.8 Å². The number of carbonyl (C=O) groups is 1. The molecule has 158 valence electrons. The van der Waals surface area contributed by atoms with Gasteiger partial charge in [0.05, 0.1) is 22.6 Å². The van der Waals surface area contributed by atoms with Crippen LogP contribution in [0.5, 0.6) is 0 Å². The van der Waals surface area contributed by atoms with E-state index in [9.17, 15) is 29.5 Å². The molecule has 0 saturated heterocycles. The molecule has 0 spiro atoms. The lowest BCUT2D eigenvalue weighted by Crippen LogP contribution is -2.23. The molecule has 1 saturated carbocycles. The minimum absolute atomic E-state index is 0.0599. The summed E-state index contributed by atoms with van der Waals surface area (Å²) in [6.07, 6.45) is 0.761. The fourth-order valence-electron chi connectivity index (χ4n) is 3.22. The summed E-state index contributed by atoms with van der Waals surface area (Å²) in [6, 6.07) is 1.94. The van der Waals surface area contributed by atoms with E-state index in [1.165, 1.54) is 14.0 Å². The Morgan fingerprint density at radius 3 is 2.14 bits per heavy atom. The van der Waals surface area contributed by atoms with Crippen LogP contribution in [-0.4, -0.2) is 22.9 Å². The molecule has 1 aliphatic rings. The number of hydrogen-bond donors (Lipinski definition) is 0. The third-order valence-corrected chi connectivity index (χ3v) is 6.38. The van der Waals surface area contributed by atoms with Crippen LogP contribution >= 0.6 is 33.4 Å². The second-order valence-electron chi connectivity index (χ2n) is 6.61. The van der Waals surface area contributed by atoms with Crippen molar-refractivity contribution in [2.24, 2.45) is 0 Å². The Bertz CT molecular complexity index is 1080. The number of benzene rings is 1. The molecule has 1 aliphatic carbocycles. The fraction of sp³-hybridized carbons (Fsp3) is 0.312. The zero-order valence-electron chi connectivity index (χ0n) is 14.8. The summed E-state index contributed by atoms with van der Waals surface area (Å²) in [6.45, 7) is 1.46. The first-order chi connectivity index (χ1) is 13.1. The first-order valence-electron chi connectivity index (χ1n) is 7.88. The lowest BCUT2D eigenvalue weighted by Gasteiger charge is -2.40. The van der Waals surface area contributed by atoms with Gasteiger partial charge in [-0.05, 0) is 31.9 Å². The van der Waals surface area contributed by atoms with Crippen LogP contribution in [0.25, 0.3) is 5.69 Å². The minimum atomic E-state index is -10.0.